The third-order valence-electron chi connectivity index (χ3n) is 0.826. The molecule has 0 radical (unpaired) electrons. The van der Waals surface area contributed by atoms with Gasteiger partial charge in [0.25, 0.3) is 15.1 Å². The van der Waals surface area contributed by atoms with Crippen LogP contribution in [0.1, 0.15) is 0 Å². The Balaban J connectivity index is 0. The number of rotatable bonds is 2. The molecule has 1 aliphatic rings. The molecule has 0 spiro atoms. The quantitative estimate of drug-likeness (QED) is 0.369. The van der Waals surface area contributed by atoms with Crippen LogP contribution in [0.5, 0.6) is 0 Å². The van der Waals surface area contributed by atoms with Crippen LogP contribution in [-0.4, -0.2) is 82.8 Å². The molecule has 0 atom stereocenters. The van der Waals surface area contributed by atoms with Gasteiger partial charge in [-0.15, -0.1) is 22.9 Å². The van der Waals surface area contributed by atoms with E-state index in [1.54, 1.807) is 0 Å². The first-order valence-electron chi connectivity index (χ1n) is 2.43. The van der Waals surface area contributed by atoms with Crippen molar-refractivity contribution in [1.29, 1.82) is 0 Å². The Labute approximate surface area is 125 Å². The average molecular weight is 244 g/mol. The molecular formula is C2H6N4Na2O3S2. The Morgan fingerprint density at radius 1 is 1.23 bits per heavy atom. The zero-order valence-electron chi connectivity index (χ0n) is 5.12. The summed E-state index contributed by atoms with van der Waals surface area (Å²) in [5, 5.41) is 12.6. The zero-order valence-corrected chi connectivity index (χ0v) is 6.83. The predicted molar refractivity (Wildman–Crippen MR) is 52.1 cm³/mol. The molecule has 0 saturated heterocycles. The van der Waals surface area contributed by atoms with Crippen LogP contribution in [0.25, 0.3) is 0 Å². The van der Waals surface area contributed by atoms with Crippen LogP contribution in [0.2, 0.25) is 0 Å². The summed E-state index contributed by atoms with van der Waals surface area (Å²) in [6.07, 6.45) is 0. The van der Waals surface area contributed by atoms with Gasteiger partial charge in [0, 0.05) is 0 Å². The van der Waals surface area contributed by atoms with Crippen molar-refractivity contribution in [3.63, 3.8) is 0 Å². The van der Waals surface area contributed by atoms with Gasteiger partial charge in [0.2, 0.25) is 0 Å². The van der Waals surface area contributed by atoms with E-state index in [0.717, 1.165) is 0 Å². The van der Waals surface area contributed by atoms with Crippen LogP contribution in [0.3, 0.4) is 0 Å². The second-order valence-corrected chi connectivity index (χ2v) is 4.05. The minimum absolute atomic E-state index is 0. The van der Waals surface area contributed by atoms with Crippen LogP contribution in [0, 0.1) is 0 Å². The Hall–Kier alpha value is 1.46. The van der Waals surface area contributed by atoms with Gasteiger partial charge in [-0.2, -0.15) is 8.42 Å². The molecule has 0 unspecified atom stereocenters. The molecular weight excluding hydrogens is 238 g/mol. The molecule has 0 aliphatic carbocycles. The summed E-state index contributed by atoms with van der Waals surface area (Å²) >= 11 is 3.71. The maximum absolute atomic E-state index is 10.3. The summed E-state index contributed by atoms with van der Waals surface area (Å²) in [7, 11) is -4.15. The standard InChI is InChI=1S/C2H4N4O3S2.2Na.2H/c7-11(8,9)1-2(10)3-5-6-4-2;;;;/h10H,1H2,(H,7,8,9);;;;. The Morgan fingerprint density at radius 3 is 1.92 bits per heavy atom. The average Bonchev–Trinajstić information content (AvgIpc) is 2.09. The van der Waals surface area contributed by atoms with Crippen molar-refractivity contribution in [2.75, 3.05) is 5.75 Å². The van der Waals surface area contributed by atoms with Crippen molar-refractivity contribution in [3.8, 4) is 0 Å². The van der Waals surface area contributed by atoms with Gasteiger partial charge in [-0.25, -0.2) is 0 Å². The molecule has 7 nitrogen and oxygen atoms in total. The van der Waals surface area contributed by atoms with Gasteiger partial charge in [0.15, 0.2) is 0 Å². The van der Waals surface area contributed by atoms with E-state index in [-0.39, 0.29) is 59.1 Å². The molecule has 66 valence electrons. The van der Waals surface area contributed by atoms with Gasteiger partial charge < -0.3 is 0 Å². The summed E-state index contributed by atoms with van der Waals surface area (Å²) in [5.41, 5.74) is 0. The second-order valence-electron chi connectivity index (χ2n) is 1.88. The summed E-state index contributed by atoms with van der Waals surface area (Å²) in [6, 6.07) is 0. The van der Waals surface area contributed by atoms with E-state index in [9.17, 15) is 8.42 Å². The molecule has 1 heterocycles. The Morgan fingerprint density at radius 2 is 1.62 bits per heavy atom. The van der Waals surface area contributed by atoms with Crippen molar-refractivity contribution in [2.45, 2.75) is 4.99 Å². The molecule has 1 aliphatic heterocycles. The van der Waals surface area contributed by atoms with E-state index < -0.39 is 20.9 Å². The Bertz CT molecular complexity index is 301. The van der Waals surface area contributed by atoms with Crippen molar-refractivity contribution < 1.29 is 13.0 Å². The van der Waals surface area contributed by atoms with Gasteiger partial charge in [-0.3, -0.25) is 4.55 Å². The van der Waals surface area contributed by atoms with Gasteiger partial charge in [0.1, 0.15) is 5.75 Å². The molecule has 1 rings (SSSR count). The second kappa shape index (κ2) is 6.13. The van der Waals surface area contributed by atoms with Crippen LogP contribution in [0.15, 0.2) is 20.7 Å². The van der Waals surface area contributed by atoms with E-state index in [1.807, 2.05) is 0 Å². The third kappa shape index (κ3) is 6.52. The molecule has 0 aromatic carbocycles. The van der Waals surface area contributed by atoms with Crippen LogP contribution < -0.4 is 0 Å². The predicted octanol–water partition coefficient (Wildman–Crippen LogP) is -1.01. The summed E-state index contributed by atoms with van der Waals surface area (Å²) in [5.74, 6) is -0.726. The first-order valence-corrected chi connectivity index (χ1v) is 4.49. The topological polar surface area (TPSA) is 104 Å². The molecule has 0 aromatic heterocycles. The summed E-state index contributed by atoms with van der Waals surface area (Å²) in [6.45, 7) is 0. The fourth-order valence-electron chi connectivity index (χ4n) is 0.506. The van der Waals surface area contributed by atoms with Gasteiger partial charge in [0.05, 0.1) is 0 Å². The van der Waals surface area contributed by atoms with Crippen LogP contribution in [-0.2, 0) is 10.1 Å². The van der Waals surface area contributed by atoms with E-state index in [4.69, 9.17) is 4.55 Å². The SMILES string of the molecule is O=S(=O)(O)CC1(S)N=NN=N1.[NaH].[NaH]. The normalized spacial score (nSPS) is 17.7. The van der Waals surface area contributed by atoms with E-state index in [2.05, 4.69) is 33.3 Å². The first-order chi connectivity index (χ1) is 4.91. The van der Waals surface area contributed by atoms with Crippen LogP contribution >= 0.6 is 12.6 Å². The molecule has 0 aromatic rings. The molecule has 11 heteroatoms. The van der Waals surface area contributed by atoms with Crippen molar-refractivity contribution in [3.05, 3.63) is 0 Å². The molecule has 0 saturated carbocycles. The number of hydrogen-bond acceptors (Lipinski definition) is 7. The summed E-state index contributed by atoms with van der Waals surface area (Å²) in [4.78, 5) is -1.55. The van der Waals surface area contributed by atoms with E-state index >= 15 is 0 Å². The molecule has 0 bridgehead atoms. The van der Waals surface area contributed by atoms with Crippen molar-refractivity contribution >= 4 is 81.9 Å². The number of thiol groups is 1. The van der Waals surface area contributed by atoms with Gasteiger partial charge in [-0.05, 0) is 10.4 Å². The number of nitrogens with zero attached hydrogens (tertiary/aromatic N) is 4. The van der Waals surface area contributed by atoms with Gasteiger partial charge >= 0.3 is 59.1 Å². The minimum atomic E-state index is -4.15. The first kappa shape index (κ1) is 16.9. The zero-order chi connectivity index (χ0) is 8.54. The molecule has 13 heavy (non-hydrogen) atoms. The maximum atomic E-state index is 10.3. The third-order valence-corrected chi connectivity index (χ3v) is 2.14. The van der Waals surface area contributed by atoms with Crippen molar-refractivity contribution in [2.24, 2.45) is 20.7 Å². The fourth-order valence-corrected chi connectivity index (χ4v) is 1.68. The monoisotopic (exact) mass is 244 g/mol. The molecule has 0 amide bonds. The van der Waals surface area contributed by atoms with E-state index in [1.165, 1.54) is 0 Å². The Kier molecular flexibility index (Phi) is 7.96. The molecule has 1 N–H and O–H groups in total. The van der Waals surface area contributed by atoms with Gasteiger partial charge in [-0.1, -0.05) is 0 Å². The fraction of sp³-hybridized carbons (Fsp3) is 1.00. The summed E-state index contributed by atoms with van der Waals surface area (Å²) < 4.78 is 29.0. The molecule has 0 fully saturated rings. The van der Waals surface area contributed by atoms with E-state index in [0.29, 0.717) is 0 Å². The van der Waals surface area contributed by atoms with Crippen molar-refractivity contribution in [1.82, 2.24) is 0 Å². The number of hydrogen-bond donors (Lipinski definition) is 2. The van der Waals surface area contributed by atoms with Crippen LogP contribution in [0.4, 0.5) is 0 Å².